The first-order chi connectivity index (χ1) is 6.25. The lowest BCUT2D eigenvalue weighted by molar-refractivity contribution is 0.705. The Labute approximate surface area is 81.9 Å². The third-order valence-corrected chi connectivity index (χ3v) is 3.71. The van der Waals surface area contributed by atoms with Crippen molar-refractivity contribution in [1.82, 2.24) is 14.8 Å². The monoisotopic (exact) mass is 198 g/mol. The van der Waals surface area contributed by atoms with Crippen molar-refractivity contribution in [2.24, 2.45) is 12.8 Å². The summed E-state index contributed by atoms with van der Waals surface area (Å²) in [5.41, 5.74) is 5.84. The summed E-state index contributed by atoms with van der Waals surface area (Å²) in [5.74, 6) is 0. The van der Waals surface area contributed by atoms with Crippen LogP contribution in [0.2, 0.25) is 0 Å². The minimum atomic E-state index is 0.394. The molecule has 1 fully saturated rings. The molecule has 1 aliphatic rings. The molecule has 2 rings (SSSR count). The molecule has 0 saturated heterocycles. The zero-order valence-corrected chi connectivity index (χ0v) is 8.50. The molecule has 0 radical (unpaired) electrons. The SMILES string of the molecule is Cn1cnnc1SC1CCC(N)C1. The normalized spacial score (nSPS) is 28.2. The lowest BCUT2D eigenvalue weighted by atomic mass is 10.3. The summed E-state index contributed by atoms with van der Waals surface area (Å²) in [4.78, 5) is 0. The van der Waals surface area contributed by atoms with Crippen molar-refractivity contribution in [3.8, 4) is 0 Å². The second kappa shape index (κ2) is 3.67. The average Bonchev–Trinajstić information content (AvgIpc) is 2.64. The Kier molecular flexibility index (Phi) is 2.55. The standard InChI is InChI=1S/C8H14N4S/c1-12-5-10-11-8(12)13-7-3-2-6(9)4-7/h5-7H,2-4,9H2,1H3. The predicted molar refractivity (Wildman–Crippen MR) is 52.5 cm³/mol. The van der Waals surface area contributed by atoms with Crippen LogP contribution in [0, 0.1) is 0 Å². The number of nitrogens with two attached hydrogens (primary N) is 1. The summed E-state index contributed by atoms with van der Waals surface area (Å²) in [6, 6.07) is 0.394. The van der Waals surface area contributed by atoms with Crippen molar-refractivity contribution in [2.45, 2.75) is 35.7 Å². The van der Waals surface area contributed by atoms with Crippen molar-refractivity contribution in [3.63, 3.8) is 0 Å². The molecule has 1 heterocycles. The molecule has 0 bridgehead atoms. The van der Waals surface area contributed by atoms with E-state index in [-0.39, 0.29) is 0 Å². The lowest BCUT2D eigenvalue weighted by Crippen LogP contribution is -2.15. The Balaban J connectivity index is 1.95. The van der Waals surface area contributed by atoms with Gasteiger partial charge in [0.2, 0.25) is 0 Å². The number of hydrogen-bond acceptors (Lipinski definition) is 4. The summed E-state index contributed by atoms with van der Waals surface area (Å²) in [5, 5.41) is 9.52. The highest BCUT2D eigenvalue weighted by molar-refractivity contribution is 7.99. The van der Waals surface area contributed by atoms with Crippen molar-refractivity contribution >= 4 is 11.8 Å². The van der Waals surface area contributed by atoms with Gasteiger partial charge >= 0.3 is 0 Å². The van der Waals surface area contributed by atoms with Gasteiger partial charge in [-0.3, -0.25) is 0 Å². The van der Waals surface area contributed by atoms with Gasteiger partial charge in [-0.25, -0.2) is 0 Å². The van der Waals surface area contributed by atoms with Gasteiger partial charge in [0.15, 0.2) is 5.16 Å². The van der Waals surface area contributed by atoms with E-state index < -0.39 is 0 Å². The van der Waals surface area contributed by atoms with E-state index in [2.05, 4.69) is 10.2 Å². The van der Waals surface area contributed by atoms with E-state index >= 15 is 0 Å². The van der Waals surface area contributed by atoms with Gasteiger partial charge in [0.25, 0.3) is 0 Å². The average molecular weight is 198 g/mol. The second-order valence-corrected chi connectivity index (χ2v) is 4.80. The van der Waals surface area contributed by atoms with E-state index in [0.29, 0.717) is 11.3 Å². The summed E-state index contributed by atoms with van der Waals surface area (Å²) < 4.78 is 1.95. The van der Waals surface area contributed by atoms with Crippen LogP contribution < -0.4 is 5.73 Å². The molecule has 1 saturated carbocycles. The molecule has 2 N–H and O–H groups in total. The largest absolute Gasteiger partial charge is 0.328 e. The summed E-state index contributed by atoms with van der Waals surface area (Å²) in [6.07, 6.45) is 5.20. The number of aryl methyl sites for hydroxylation is 1. The number of aromatic nitrogens is 3. The van der Waals surface area contributed by atoms with Gasteiger partial charge < -0.3 is 10.3 Å². The highest BCUT2D eigenvalue weighted by atomic mass is 32.2. The van der Waals surface area contributed by atoms with Crippen molar-refractivity contribution in [2.75, 3.05) is 0 Å². The highest BCUT2D eigenvalue weighted by Crippen LogP contribution is 2.32. The van der Waals surface area contributed by atoms with Gasteiger partial charge in [0.1, 0.15) is 6.33 Å². The van der Waals surface area contributed by atoms with E-state index in [1.54, 1.807) is 18.1 Å². The zero-order valence-electron chi connectivity index (χ0n) is 7.68. The first-order valence-electron chi connectivity index (χ1n) is 4.52. The molecule has 13 heavy (non-hydrogen) atoms. The molecule has 0 amide bonds. The quantitative estimate of drug-likeness (QED) is 0.763. The maximum atomic E-state index is 5.84. The van der Waals surface area contributed by atoms with E-state index in [1.165, 1.54) is 6.42 Å². The third kappa shape index (κ3) is 2.03. The molecule has 0 spiro atoms. The molecule has 2 unspecified atom stereocenters. The molecule has 0 aliphatic heterocycles. The first kappa shape index (κ1) is 9.02. The molecular formula is C8H14N4S. The third-order valence-electron chi connectivity index (χ3n) is 2.37. The molecule has 5 heteroatoms. The van der Waals surface area contributed by atoms with Gasteiger partial charge in [0, 0.05) is 18.3 Å². The van der Waals surface area contributed by atoms with Gasteiger partial charge in [-0.2, -0.15) is 0 Å². The van der Waals surface area contributed by atoms with Gasteiger partial charge in [-0.15, -0.1) is 10.2 Å². The van der Waals surface area contributed by atoms with Crippen molar-refractivity contribution < 1.29 is 0 Å². The van der Waals surface area contributed by atoms with Crippen molar-refractivity contribution in [1.29, 1.82) is 0 Å². The van der Waals surface area contributed by atoms with Crippen LogP contribution in [0.3, 0.4) is 0 Å². The zero-order chi connectivity index (χ0) is 9.26. The van der Waals surface area contributed by atoms with E-state index in [1.807, 2.05) is 11.6 Å². The fourth-order valence-corrected chi connectivity index (χ4v) is 2.81. The maximum absolute atomic E-state index is 5.84. The van der Waals surface area contributed by atoms with Crippen LogP contribution in [-0.4, -0.2) is 26.1 Å². The first-order valence-corrected chi connectivity index (χ1v) is 5.40. The Morgan fingerprint density at radius 2 is 2.46 bits per heavy atom. The Hall–Kier alpha value is -0.550. The van der Waals surface area contributed by atoms with Crippen LogP contribution in [0.4, 0.5) is 0 Å². The van der Waals surface area contributed by atoms with E-state index in [4.69, 9.17) is 5.73 Å². The van der Waals surface area contributed by atoms with Crippen LogP contribution in [0.5, 0.6) is 0 Å². The molecule has 1 aromatic rings. The number of hydrogen-bond donors (Lipinski definition) is 1. The summed E-state index contributed by atoms with van der Waals surface area (Å²) in [7, 11) is 1.97. The van der Waals surface area contributed by atoms with Crippen LogP contribution in [0.25, 0.3) is 0 Å². The molecule has 4 nitrogen and oxygen atoms in total. The van der Waals surface area contributed by atoms with E-state index in [9.17, 15) is 0 Å². The molecule has 72 valence electrons. The molecular weight excluding hydrogens is 184 g/mol. The Morgan fingerprint density at radius 1 is 1.62 bits per heavy atom. The Bertz CT molecular complexity index is 285. The number of rotatable bonds is 2. The molecule has 0 aromatic carbocycles. The van der Waals surface area contributed by atoms with Gasteiger partial charge in [-0.05, 0) is 19.3 Å². The van der Waals surface area contributed by atoms with E-state index in [0.717, 1.165) is 18.0 Å². The van der Waals surface area contributed by atoms with Crippen molar-refractivity contribution in [3.05, 3.63) is 6.33 Å². The summed E-state index contributed by atoms with van der Waals surface area (Å²) >= 11 is 1.80. The minimum Gasteiger partial charge on any atom is -0.328 e. The maximum Gasteiger partial charge on any atom is 0.191 e. The molecule has 1 aromatic heterocycles. The van der Waals surface area contributed by atoms with Crippen LogP contribution in [0.1, 0.15) is 19.3 Å². The van der Waals surface area contributed by atoms with Gasteiger partial charge in [0.05, 0.1) is 0 Å². The molecule has 1 aliphatic carbocycles. The highest BCUT2D eigenvalue weighted by Gasteiger charge is 2.23. The fraction of sp³-hybridized carbons (Fsp3) is 0.750. The summed E-state index contributed by atoms with van der Waals surface area (Å²) in [6.45, 7) is 0. The van der Waals surface area contributed by atoms with Crippen LogP contribution in [0.15, 0.2) is 11.5 Å². The number of nitrogens with zero attached hydrogens (tertiary/aromatic N) is 3. The lowest BCUT2D eigenvalue weighted by Gasteiger charge is -2.07. The topological polar surface area (TPSA) is 56.7 Å². The fourth-order valence-electron chi connectivity index (χ4n) is 1.61. The second-order valence-electron chi connectivity index (χ2n) is 3.54. The number of thioether (sulfide) groups is 1. The van der Waals surface area contributed by atoms with Gasteiger partial charge in [-0.1, -0.05) is 11.8 Å². The molecule has 2 atom stereocenters. The Morgan fingerprint density at radius 3 is 3.00 bits per heavy atom. The van der Waals surface area contributed by atoms with Crippen LogP contribution >= 0.6 is 11.8 Å². The smallest absolute Gasteiger partial charge is 0.191 e. The predicted octanol–water partition coefficient (Wildman–Crippen LogP) is 0.787. The van der Waals surface area contributed by atoms with Crippen LogP contribution in [-0.2, 0) is 7.05 Å². The minimum absolute atomic E-state index is 0.394.